The zero-order valence-corrected chi connectivity index (χ0v) is 11.1. The highest BCUT2D eigenvalue weighted by atomic mass is 32.1. The summed E-state index contributed by atoms with van der Waals surface area (Å²) in [6.45, 7) is 6.53. The van der Waals surface area contributed by atoms with Crippen LogP contribution in [0.25, 0.3) is 10.4 Å². The lowest BCUT2D eigenvalue weighted by molar-refractivity contribution is 0.604. The second-order valence-corrected chi connectivity index (χ2v) is 6.23. The Hall–Kier alpha value is -1.35. The maximum atomic E-state index is 13.0. The third-order valence-electron chi connectivity index (χ3n) is 2.62. The SMILES string of the molecule is CC(C)(C)c1ccc(-c2ccc(F)cc2N)s1. The van der Waals surface area contributed by atoms with Crippen molar-refractivity contribution in [2.24, 2.45) is 0 Å². The van der Waals surface area contributed by atoms with Crippen molar-refractivity contribution in [2.45, 2.75) is 26.2 Å². The van der Waals surface area contributed by atoms with Crippen molar-refractivity contribution < 1.29 is 4.39 Å². The first-order valence-electron chi connectivity index (χ1n) is 5.53. The monoisotopic (exact) mass is 249 g/mol. The van der Waals surface area contributed by atoms with Crippen molar-refractivity contribution in [2.75, 3.05) is 5.73 Å². The average molecular weight is 249 g/mol. The molecule has 90 valence electrons. The Labute approximate surface area is 105 Å². The van der Waals surface area contributed by atoms with E-state index in [9.17, 15) is 4.39 Å². The summed E-state index contributed by atoms with van der Waals surface area (Å²) in [6, 6.07) is 8.72. The number of hydrogen-bond acceptors (Lipinski definition) is 2. The van der Waals surface area contributed by atoms with Gasteiger partial charge in [-0.2, -0.15) is 0 Å². The molecule has 17 heavy (non-hydrogen) atoms. The van der Waals surface area contributed by atoms with Crippen LogP contribution < -0.4 is 5.73 Å². The van der Waals surface area contributed by atoms with Crippen LogP contribution in [0.5, 0.6) is 0 Å². The molecule has 0 atom stereocenters. The molecule has 3 heteroatoms. The normalized spacial score (nSPS) is 11.8. The van der Waals surface area contributed by atoms with Crippen molar-refractivity contribution in [3.8, 4) is 10.4 Å². The van der Waals surface area contributed by atoms with Crippen LogP contribution in [-0.2, 0) is 5.41 Å². The number of nitrogen functional groups attached to an aromatic ring is 1. The Morgan fingerprint density at radius 2 is 1.82 bits per heavy atom. The second kappa shape index (κ2) is 4.15. The van der Waals surface area contributed by atoms with Gasteiger partial charge in [0.25, 0.3) is 0 Å². The molecule has 1 aromatic heterocycles. The maximum absolute atomic E-state index is 13.0. The second-order valence-electron chi connectivity index (χ2n) is 5.15. The first kappa shape index (κ1) is 12.1. The van der Waals surface area contributed by atoms with Crippen LogP contribution in [0.1, 0.15) is 25.6 Å². The first-order valence-corrected chi connectivity index (χ1v) is 6.35. The Morgan fingerprint density at radius 1 is 1.12 bits per heavy atom. The zero-order chi connectivity index (χ0) is 12.6. The summed E-state index contributed by atoms with van der Waals surface area (Å²) in [7, 11) is 0. The van der Waals surface area contributed by atoms with Crippen LogP contribution in [0.2, 0.25) is 0 Å². The number of halogens is 1. The van der Waals surface area contributed by atoms with Gasteiger partial charge >= 0.3 is 0 Å². The van der Waals surface area contributed by atoms with Gasteiger partial charge in [0, 0.05) is 21.0 Å². The Bertz CT molecular complexity index is 537. The molecule has 0 unspecified atom stereocenters. The lowest BCUT2D eigenvalue weighted by atomic mass is 9.95. The predicted octanol–water partition coefficient (Wildman–Crippen LogP) is 4.43. The van der Waals surface area contributed by atoms with Gasteiger partial charge in [-0.05, 0) is 35.7 Å². The Morgan fingerprint density at radius 3 is 2.35 bits per heavy atom. The van der Waals surface area contributed by atoms with E-state index >= 15 is 0 Å². The van der Waals surface area contributed by atoms with Gasteiger partial charge in [-0.1, -0.05) is 20.8 Å². The molecule has 0 bridgehead atoms. The van der Waals surface area contributed by atoms with Crippen LogP contribution in [0, 0.1) is 5.82 Å². The van der Waals surface area contributed by atoms with Crippen molar-refractivity contribution in [1.29, 1.82) is 0 Å². The van der Waals surface area contributed by atoms with E-state index in [0.29, 0.717) is 5.69 Å². The molecule has 2 rings (SSSR count). The molecule has 0 aliphatic rings. The summed E-state index contributed by atoms with van der Waals surface area (Å²) in [6.07, 6.45) is 0. The zero-order valence-electron chi connectivity index (χ0n) is 10.3. The van der Waals surface area contributed by atoms with E-state index in [-0.39, 0.29) is 11.2 Å². The van der Waals surface area contributed by atoms with Gasteiger partial charge in [-0.25, -0.2) is 4.39 Å². The highest BCUT2D eigenvalue weighted by Gasteiger charge is 2.17. The standard InChI is InChI=1S/C14H16FNS/c1-14(2,3)13-7-6-12(17-13)10-5-4-9(15)8-11(10)16/h4-8H,16H2,1-3H3. The van der Waals surface area contributed by atoms with Gasteiger partial charge in [-0.3, -0.25) is 0 Å². The van der Waals surface area contributed by atoms with Crippen LogP contribution in [0.15, 0.2) is 30.3 Å². The van der Waals surface area contributed by atoms with Crippen LogP contribution >= 0.6 is 11.3 Å². The average Bonchev–Trinajstić information content (AvgIpc) is 2.65. The summed E-state index contributed by atoms with van der Waals surface area (Å²) in [5.74, 6) is -0.293. The molecule has 0 aliphatic heterocycles. The van der Waals surface area contributed by atoms with Crippen molar-refractivity contribution in [3.63, 3.8) is 0 Å². The molecule has 0 aliphatic carbocycles. The van der Waals surface area contributed by atoms with Crippen molar-refractivity contribution >= 4 is 17.0 Å². The number of thiophene rings is 1. The summed E-state index contributed by atoms with van der Waals surface area (Å²) in [4.78, 5) is 2.39. The van der Waals surface area contributed by atoms with E-state index in [0.717, 1.165) is 10.4 Å². The molecular formula is C14H16FNS. The fourth-order valence-corrected chi connectivity index (χ4v) is 2.75. The Kier molecular flexibility index (Phi) is 2.96. The molecule has 0 fully saturated rings. The van der Waals surface area contributed by atoms with E-state index in [2.05, 4.69) is 32.9 Å². The van der Waals surface area contributed by atoms with E-state index in [1.54, 1.807) is 17.4 Å². The summed E-state index contributed by atoms with van der Waals surface area (Å²) >= 11 is 1.71. The summed E-state index contributed by atoms with van der Waals surface area (Å²) < 4.78 is 13.0. The number of anilines is 1. The van der Waals surface area contributed by atoms with Gasteiger partial charge in [0.05, 0.1) is 0 Å². The largest absolute Gasteiger partial charge is 0.398 e. The van der Waals surface area contributed by atoms with Crippen LogP contribution in [0.3, 0.4) is 0 Å². The van der Waals surface area contributed by atoms with E-state index in [1.807, 2.05) is 0 Å². The molecule has 1 aromatic carbocycles. The molecule has 0 radical (unpaired) electrons. The number of nitrogens with two attached hydrogens (primary N) is 1. The molecule has 0 saturated heterocycles. The van der Waals surface area contributed by atoms with Crippen molar-refractivity contribution in [1.82, 2.24) is 0 Å². The molecule has 2 N–H and O–H groups in total. The third-order valence-corrected chi connectivity index (χ3v) is 4.17. The van der Waals surface area contributed by atoms with Crippen LogP contribution in [0.4, 0.5) is 10.1 Å². The van der Waals surface area contributed by atoms with Gasteiger partial charge < -0.3 is 5.73 Å². The number of benzene rings is 1. The topological polar surface area (TPSA) is 26.0 Å². The number of hydrogen-bond donors (Lipinski definition) is 1. The molecule has 0 spiro atoms. The molecule has 2 aromatic rings. The summed E-state index contributed by atoms with van der Waals surface area (Å²) in [5, 5.41) is 0. The van der Waals surface area contributed by atoms with Gasteiger partial charge in [0.1, 0.15) is 5.82 Å². The fourth-order valence-electron chi connectivity index (χ4n) is 1.64. The smallest absolute Gasteiger partial charge is 0.125 e. The highest BCUT2D eigenvalue weighted by Crippen LogP contribution is 2.37. The molecular weight excluding hydrogens is 233 g/mol. The predicted molar refractivity (Wildman–Crippen MR) is 72.8 cm³/mol. The molecule has 1 heterocycles. The van der Waals surface area contributed by atoms with Gasteiger partial charge in [0.15, 0.2) is 0 Å². The first-order chi connectivity index (χ1) is 7.88. The molecule has 1 nitrogen and oxygen atoms in total. The number of rotatable bonds is 1. The lowest BCUT2D eigenvalue weighted by Crippen LogP contribution is -2.07. The minimum Gasteiger partial charge on any atom is -0.398 e. The quantitative estimate of drug-likeness (QED) is 0.743. The van der Waals surface area contributed by atoms with Gasteiger partial charge in [0.2, 0.25) is 0 Å². The Balaban J connectivity index is 2.44. The van der Waals surface area contributed by atoms with E-state index < -0.39 is 0 Å². The minimum absolute atomic E-state index is 0.137. The van der Waals surface area contributed by atoms with Crippen LogP contribution in [-0.4, -0.2) is 0 Å². The van der Waals surface area contributed by atoms with E-state index in [4.69, 9.17) is 5.73 Å². The van der Waals surface area contributed by atoms with E-state index in [1.165, 1.54) is 17.0 Å². The third kappa shape index (κ3) is 2.50. The lowest BCUT2D eigenvalue weighted by Gasteiger charge is -2.15. The summed E-state index contributed by atoms with van der Waals surface area (Å²) in [5.41, 5.74) is 7.38. The van der Waals surface area contributed by atoms with Gasteiger partial charge in [-0.15, -0.1) is 11.3 Å². The molecule has 0 amide bonds. The van der Waals surface area contributed by atoms with Crippen molar-refractivity contribution in [3.05, 3.63) is 41.0 Å². The maximum Gasteiger partial charge on any atom is 0.125 e. The fraction of sp³-hybridized carbons (Fsp3) is 0.286. The molecule has 0 saturated carbocycles. The minimum atomic E-state index is -0.293. The highest BCUT2D eigenvalue weighted by molar-refractivity contribution is 7.15.